The molecule has 0 aliphatic carbocycles. The first-order valence-electron chi connectivity index (χ1n) is 9.98. The molecule has 0 radical (unpaired) electrons. The van der Waals surface area contributed by atoms with E-state index in [2.05, 4.69) is 0 Å². The molecule has 0 spiro atoms. The summed E-state index contributed by atoms with van der Waals surface area (Å²) in [5, 5.41) is 0. The monoisotopic (exact) mass is 448 g/mol. The van der Waals surface area contributed by atoms with Gasteiger partial charge in [0.2, 0.25) is 0 Å². The molecule has 0 saturated heterocycles. The number of benzene rings is 3. The fraction of sp³-hybridized carbons (Fsp3) is 0.154. The summed E-state index contributed by atoms with van der Waals surface area (Å²) in [6.07, 6.45) is 3.06. The zero-order valence-corrected chi connectivity index (χ0v) is 18.8. The zero-order valence-electron chi connectivity index (χ0n) is 18.8. The van der Waals surface area contributed by atoms with Crippen molar-refractivity contribution >= 4 is 17.8 Å². The fourth-order valence-electron chi connectivity index (χ4n) is 3.16. The van der Waals surface area contributed by atoms with E-state index in [1.165, 1.54) is 27.4 Å². The van der Waals surface area contributed by atoms with Gasteiger partial charge >= 0.3 is 5.97 Å². The molecule has 170 valence electrons. The summed E-state index contributed by atoms with van der Waals surface area (Å²) in [6, 6.07) is 16.8. The molecule has 3 rings (SSSR count). The highest BCUT2D eigenvalue weighted by Crippen LogP contribution is 2.30. The van der Waals surface area contributed by atoms with Crippen molar-refractivity contribution in [2.24, 2.45) is 0 Å². The lowest BCUT2D eigenvalue weighted by Crippen LogP contribution is -2.12. The molecule has 7 nitrogen and oxygen atoms in total. The molecule has 0 amide bonds. The van der Waals surface area contributed by atoms with Gasteiger partial charge in [-0.15, -0.1) is 0 Å². The number of allylic oxidation sites excluding steroid dienone is 1. The van der Waals surface area contributed by atoms with Crippen molar-refractivity contribution in [3.63, 3.8) is 0 Å². The second-order valence-electron chi connectivity index (χ2n) is 6.76. The van der Waals surface area contributed by atoms with E-state index in [1.54, 1.807) is 73.8 Å². The molecule has 3 aromatic rings. The van der Waals surface area contributed by atoms with Crippen LogP contribution in [0.2, 0.25) is 0 Å². The Morgan fingerprint density at radius 2 is 1.36 bits per heavy atom. The smallest absolute Gasteiger partial charge is 0.351 e. The summed E-state index contributed by atoms with van der Waals surface area (Å²) < 4.78 is 26.5. The Balaban J connectivity index is 1.79. The van der Waals surface area contributed by atoms with Gasteiger partial charge in [0.05, 0.1) is 34.0 Å². The number of ether oxygens (including phenoxy) is 5. The van der Waals surface area contributed by atoms with Crippen LogP contribution in [0.4, 0.5) is 0 Å². The second-order valence-corrected chi connectivity index (χ2v) is 6.76. The molecule has 0 aliphatic heterocycles. The van der Waals surface area contributed by atoms with Crippen LogP contribution in [-0.4, -0.2) is 40.2 Å². The Labute approximate surface area is 192 Å². The highest BCUT2D eigenvalue weighted by atomic mass is 16.5. The van der Waals surface area contributed by atoms with Crippen molar-refractivity contribution in [1.82, 2.24) is 0 Å². The van der Waals surface area contributed by atoms with Gasteiger partial charge in [0.15, 0.2) is 5.78 Å². The lowest BCUT2D eigenvalue weighted by Gasteiger charge is -2.12. The van der Waals surface area contributed by atoms with Crippen molar-refractivity contribution in [1.29, 1.82) is 0 Å². The zero-order chi connectivity index (χ0) is 23.8. The molecule has 3 aromatic carbocycles. The quantitative estimate of drug-likeness (QED) is 0.201. The maximum absolute atomic E-state index is 12.8. The van der Waals surface area contributed by atoms with E-state index < -0.39 is 5.97 Å². The molecule has 0 heterocycles. The number of ketones is 1. The van der Waals surface area contributed by atoms with Crippen molar-refractivity contribution in [2.75, 3.05) is 28.4 Å². The molecule has 33 heavy (non-hydrogen) atoms. The molecular weight excluding hydrogens is 424 g/mol. The number of esters is 1. The largest absolute Gasteiger partial charge is 0.497 e. The third kappa shape index (κ3) is 5.51. The van der Waals surface area contributed by atoms with E-state index in [0.717, 1.165) is 0 Å². The van der Waals surface area contributed by atoms with Gasteiger partial charge in [0.25, 0.3) is 0 Å². The summed E-state index contributed by atoms with van der Waals surface area (Å²) in [5.41, 5.74) is 1.26. The molecule has 0 atom stereocenters. The van der Waals surface area contributed by atoms with Gasteiger partial charge in [-0.05, 0) is 48.0 Å². The van der Waals surface area contributed by atoms with Crippen molar-refractivity contribution in [3.05, 3.63) is 83.4 Å². The van der Waals surface area contributed by atoms with Crippen LogP contribution < -0.4 is 23.7 Å². The number of carbonyl (C=O) groups is 2. The first kappa shape index (κ1) is 23.4. The lowest BCUT2D eigenvalue weighted by atomic mass is 10.1. The van der Waals surface area contributed by atoms with E-state index in [9.17, 15) is 9.59 Å². The van der Waals surface area contributed by atoms with Crippen LogP contribution in [0, 0.1) is 0 Å². The number of hydrogen-bond acceptors (Lipinski definition) is 7. The van der Waals surface area contributed by atoms with Gasteiger partial charge in [-0.1, -0.05) is 24.3 Å². The van der Waals surface area contributed by atoms with Gasteiger partial charge < -0.3 is 23.7 Å². The van der Waals surface area contributed by atoms with Gasteiger partial charge in [0.1, 0.15) is 34.3 Å². The molecule has 0 saturated carbocycles. The maximum Gasteiger partial charge on any atom is 0.351 e. The molecule has 0 N–H and O–H groups in total. The molecular formula is C26H24O7. The van der Waals surface area contributed by atoms with Gasteiger partial charge in [-0.25, -0.2) is 4.79 Å². The van der Waals surface area contributed by atoms with Crippen LogP contribution in [0.25, 0.3) is 6.08 Å². The van der Waals surface area contributed by atoms with Crippen LogP contribution >= 0.6 is 0 Å². The van der Waals surface area contributed by atoms with Gasteiger partial charge in [-0.2, -0.15) is 0 Å². The van der Waals surface area contributed by atoms with Crippen molar-refractivity contribution < 1.29 is 33.3 Å². The number of methoxy groups -OCH3 is 4. The van der Waals surface area contributed by atoms with Crippen LogP contribution in [0.1, 0.15) is 26.3 Å². The highest BCUT2D eigenvalue weighted by molar-refractivity contribution is 6.08. The van der Waals surface area contributed by atoms with E-state index >= 15 is 0 Å². The minimum absolute atomic E-state index is 0.185. The minimum atomic E-state index is -0.621. The van der Waals surface area contributed by atoms with Crippen LogP contribution in [0.5, 0.6) is 28.7 Å². The standard InChI is InChI=1S/C26H24O7/c1-29-18-12-13-20(24(16-18)32-4)21(27)14-11-17-7-5-8-19(15-17)33-26(28)25-22(30-2)9-6-10-23(25)31-3/h5-16H,1-4H3/b14-11+. The third-order valence-corrected chi connectivity index (χ3v) is 4.80. The van der Waals surface area contributed by atoms with Crippen molar-refractivity contribution in [3.8, 4) is 28.7 Å². The maximum atomic E-state index is 12.8. The summed E-state index contributed by atoms with van der Waals surface area (Å²) in [4.78, 5) is 25.4. The average molecular weight is 448 g/mol. The average Bonchev–Trinajstić information content (AvgIpc) is 2.86. The molecule has 0 aliphatic rings. The minimum Gasteiger partial charge on any atom is -0.497 e. The van der Waals surface area contributed by atoms with E-state index in [0.29, 0.717) is 39.9 Å². The molecule has 7 heteroatoms. The van der Waals surface area contributed by atoms with Crippen LogP contribution in [-0.2, 0) is 0 Å². The van der Waals surface area contributed by atoms with Crippen LogP contribution in [0.3, 0.4) is 0 Å². The molecule has 0 aromatic heterocycles. The molecule has 0 fully saturated rings. The molecule has 0 unspecified atom stereocenters. The predicted octanol–water partition coefficient (Wildman–Crippen LogP) is 4.84. The molecule has 0 bridgehead atoms. The SMILES string of the molecule is COc1ccc(C(=O)/C=C/c2cccc(OC(=O)c3c(OC)cccc3OC)c2)c(OC)c1. The normalized spacial score (nSPS) is 10.5. The third-order valence-electron chi connectivity index (χ3n) is 4.80. The van der Waals surface area contributed by atoms with E-state index in [-0.39, 0.29) is 11.3 Å². The Bertz CT molecular complexity index is 1160. The summed E-state index contributed by atoms with van der Waals surface area (Å²) >= 11 is 0. The number of hydrogen-bond donors (Lipinski definition) is 0. The topological polar surface area (TPSA) is 80.3 Å². The Morgan fingerprint density at radius 3 is 2.00 bits per heavy atom. The summed E-state index contributed by atoms with van der Waals surface area (Å²) in [6.45, 7) is 0. The van der Waals surface area contributed by atoms with Crippen LogP contribution in [0.15, 0.2) is 66.7 Å². The Hall–Kier alpha value is -4.26. The Kier molecular flexibility index (Phi) is 7.70. The Morgan fingerprint density at radius 1 is 0.697 bits per heavy atom. The lowest BCUT2D eigenvalue weighted by molar-refractivity contribution is 0.0727. The predicted molar refractivity (Wildman–Crippen MR) is 124 cm³/mol. The van der Waals surface area contributed by atoms with Gasteiger partial charge in [-0.3, -0.25) is 4.79 Å². The summed E-state index contributed by atoms with van der Waals surface area (Å²) in [7, 11) is 5.96. The number of rotatable bonds is 9. The van der Waals surface area contributed by atoms with Crippen molar-refractivity contribution in [2.45, 2.75) is 0 Å². The second kappa shape index (κ2) is 10.9. The fourth-order valence-corrected chi connectivity index (χ4v) is 3.16. The van der Waals surface area contributed by atoms with Gasteiger partial charge in [0, 0.05) is 6.07 Å². The first-order valence-corrected chi connectivity index (χ1v) is 9.98. The van der Waals surface area contributed by atoms with E-state index in [1.807, 2.05) is 0 Å². The first-order chi connectivity index (χ1) is 16.0. The summed E-state index contributed by atoms with van der Waals surface area (Å²) in [5.74, 6) is 1.14. The van der Waals surface area contributed by atoms with E-state index in [4.69, 9.17) is 23.7 Å². The highest BCUT2D eigenvalue weighted by Gasteiger charge is 2.20. The number of carbonyl (C=O) groups excluding carboxylic acids is 2.